The number of aromatic nitrogens is 1. The summed E-state index contributed by atoms with van der Waals surface area (Å²) in [6, 6.07) is 7.50. The van der Waals surface area contributed by atoms with E-state index in [1.54, 1.807) is 26.4 Å². The molecular weight excluding hydrogens is 376 g/mol. The van der Waals surface area contributed by atoms with E-state index >= 15 is 0 Å². The Kier molecular flexibility index (Phi) is 5.66. The van der Waals surface area contributed by atoms with E-state index < -0.39 is 11.8 Å². The van der Waals surface area contributed by atoms with Crippen molar-refractivity contribution < 1.29 is 14.4 Å². The van der Waals surface area contributed by atoms with Crippen LogP contribution in [-0.2, 0) is 14.4 Å². The smallest absolute Gasteiger partial charge is 0.226 e. The minimum absolute atomic E-state index is 0.104. The molecule has 146 valence electrons. The quantitative estimate of drug-likeness (QED) is 0.738. The molecule has 1 aromatic heterocycles. The first kappa shape index (κ1) is 20.2. The van der Waals surface area contributed by atoms with E-state index in [-0.39, 0.29) is 30.3 Å². The second kappa shape index (κ2) is 7.84. The van der Waals surface area contributed by atoms with Crippen LogP contribution in [0.2, 0.25) is 5.02 Å². The van der Waals surface area contributed by atoms with Gasteiger partial charge in [-0.05, 0) is 54.8 Å². The number of carbonyl (C=O) groups is 3. The number of hydrogen-bond acceptors (Lipinski definition) is 4. The largest absolute Gasteiger partial charge is 0.349 e. The normalized spacial score (nSPS) is 19.6. The SMILES string of the molecule is Cc1cc(-c2ccc(Cl)cn2)cc(C)c1C1C(=O)CC(C(=O)N(C)C)CC1=O. The molecular formula is C22H23ClN2O3. The van der Waals surface area contributed by atoms with Crippen LogP contribution < -0.4 is 0 Å². The highest BCUT2D eigenvalue weighted by Gasteiger charge is 2.40. The third-order valence-electron chi connectivity index (χ3n) is 5.23. The molecule has 1 aromatic carbocycles. The fourth-order valence-electron chi connectivity index (χ4n) is 3.96. The van der Waals surface area contributed by atoms with Crippen molar-refractivity contribution in [2.75, 3.05) is 14.1 Å². The molecule has 1 amide bonds. The highest BCUT2D eigenvalue weighted by molar-refractivity contribution is 6.30. The Morgan fingerprint density at radius 2 is 1.64 bits per heavy atom. The van der Waals surface area contributed by atoms with Crippen molar-refractivity contribution in [2.24, 2.45) is 5.92 Å². The number of amides is 1. The van der Waals surface area contributed by atoms with Gasteiger partial charge in [0.15, 0.2) is 0 Å². The molecule has 0 atom stereocenters. The molecule has 1 saturated carbocycles. The van der Waals surface area contributed by atoms with Gasteiger partial charge in [-0.3, -0.25) is 19.4 Å². The van der Waals surface area contributed by atoms with Crippen molar-refractivity contribution in [2.45, 2.75) is 32.6 Å². The summed E-state index contributed by atoms with van der Waals surface area (Å²) in [4.78, 5) is 43.6. The van der Waals surface area contributed by atoms with Gasteiger partial charge >= 0.3 is 0 Å². The maximum absolute atomic E-state index is 12.8. The number of ketones is 2. The van der Waals surface area contributed by atoms with Crippen LogP contribution in [0, 0.1) is 19.8 Å². The number of halogens is 1. The number of benzene rings is 1. The van der Waals surface area contributed by atoms with Crippen molar-refractivity contribution in [3.05, 3.63) is 52.2 Å². The number of aryl methyl sites for hydroxylation is 2. The van der Waals surface area contributed by atoms with Crippen LogP contribution in [0.4, 0.5) is 0 Å². The van der Waals surface area contributed by atoms with Gasteiger partial charge in [-0.15, -0.1) is 0 Å². The maximum atomic E-state index is 12.8. The highest BCUT2D eigenvalue weighted by atomic mass is 35.5. The molecule has 1 aliphatic carbocycles. The summed E-state index contributed by atoms with van der Waals surface area (Å²) in [7, 11) is 3.28. The molecule has 1 aliphatic rings. The topological polar surface area (TPSA) is 67.3 Å². The maximum Gasteiger partial charge on any atom is 0.226 e. The zero-order valence-electron chi connectivity index (χ0n) is 16.5. The van der Waals surface area contributed by atoms with E-state index in [1.807, 2.05) is 32.0 Å². The molecule has 0 N–H and O–H groups in total. The van der Waals surface area contributed by atoms with Gasteiger partial charge in [0.25, 0.3) is 0 Å². The first-order chi connectivity index (χ1) is 13.2. The molecule has 5 nitrogen and oxygen atoms in total. The lowest BCUT2D eigenvalue weighted by molar-refractivity contribution is -0.143. The molecule has 1 heterocycles. The Balaban J connectivity index is 1.94. The average molecular weight is 399 g/mol. The molecule has 0 aliphatic heterocycles. The molecule has 0 spiro atoms. The van der Waals surface area contributed by atoms with Gasteiger partial charge in [-0.25, -0.2) is 0 Å². The van der Waals surface area contributed by atoms with Gasteiger partial charge in [0, 0.05) is 38.7 Å². The van der Waals surface area contributed by atoms with E-state index in [1.165, 1.54) is 4.90 Å². The molecule has 6 heteroatoms. The lowest BCUT2D eigenvalue weighted by atomic mass is 9.74. The number of nitrogens with zero attached hydrogens (tertiary/aromatic N) is 2. The molecule has 0 saturated heterocycles. The van der Waals surface area contributed by atoms with E-state index in [0.29, 0.717) is 5.02 Å². The van der Waals surface area contributed by atoms with Crippen LogP contribution in [0.15, 0.2) is 30.5 Å². The van der Waals surface area contributed by atoms with Gasteiger partial charge in [0.1, 0.15) is 17.5 Å². The predicted molar refractivity (Wildman–Crippen MR) is 108 cm³/mol. The van der Waals surface area contributed by atoms with Gasteiger partial charge in [-0.1, -0.05) is 11.6 Å². The molecule has 0 bridgehead atoms. The molecule has 0 unspecified atom stereocenters. The van der Waals surface area contributed by atoms with Crippen LogP contribution in [-0.4, -0.2) is 41.5 Å². The summed E-state index contributed by atoms with van der Waals surface area (Å²) in [6.45, 7) is 3.80. The van der Waals surface area contributed by atoms with E-state index in [0.717, 1.165) is 27.9 Å². The molecule has 3 rings (SSSR count). The van der Waals surface area contributed by atoms with Crippen LogP contribution >= 0.6 is 11.6 Å². The average Bonchev–Trinajstić information content (AvgIpc) is 2.62. The number of pyridine rings is 1. The zero-order valence-corrected chi connectivity index (χ0v) is 17.2. The summed E-state index contributed by atoms with van der Waals surface area (Å²) in [5.41, 5.74) is 4.18. The van der Waals surface area contributed by atoms with E-state index in [4.69, 9.17) is 11.6 Å². The monoisotopic (exact) mass is 398 g/mol. The second-order valence-corrected chi connectivity index (χ2v) is 8.03. The van der Waals surface area contributed by atoms with Crippen molar-refractivity contribution in [1.29, 1.82) is 0 Å². The van der Waals surface area contributed by atoms with Crippen LogP contribution in [0.3, 0.4) is 0 Å². The van der Waals surface area contributed by atoms with Crippen LogP contribution in [0.5, 0.6) is 0 Å². The first-order valence-corrected chi connectivity index (χ1v) is 9.56. The van der Waals surface area contributed by atoms with E-state index in [2.05, 4.69) is 4.98 Å². The summed E-state index contributed by atoms with van der Waals surface area (Å²) < 4.78 is 0. The Hall–Kier alpha value is -2.53. The number of Topliss-reactive ketones (excluding diaryl/α,β-unsaturated/α-hetero) is 2. The summed E-state index contributed by atoms with van der Waals surface area (Å²) >= 11 is 5.91. The molecule has 0 radical (unpaired) electrons. The van der Waals surface area contributed by atoms with Gasteiger partial charge in [-0.2, -0.15) is 0 Å². The predicted octanol–water partition coefficient (Wildman–Crippen LogP) is 3.74. The van der Waals surface area contributed by atoms with Crippen molar-refractivity contribution in [1.82, 2.24) is 9.88 Å². The summed E-state index contributed by atoms with van der Waals surface area (Å²) in [5, 5.41) is 0.564. The summed E-state index contributed by atoms with van der Waals surface area (Å²) in [5.74, 6) is -1.87. The second-order valence-electron chi connectivity index (χ2n) is 7.59. The Labute approximate surface area is 169 Å². The number of rotatable bonds is 3. The standard InChI is InChI=1S/C22H23ClN2O3/c1-12-7-14(17-6-5-16(23)11-24-17)8-13(2)20(12)21-18(26)9-15(10-19(21)27)22(28)25(3)4/h5-8,11,15,21H,9-10H2,1-4H3. The minimum Gasteiger partial charge on any atom is -0.349 e. The molecule has 28 heavy (non-hydrogen) atoms. The lowest BCUT2D eigenvalue weighted by Crippen LogP contribution is -2.40. The first-order valence-electron chi connectivity index (χ1n) is 9.18. The fourth-order valence-corrected chi connectivity index (χ4v) is 4.07. The Morgan fingerprint density at radius 3 is 2.11 bits per heavy atom. The van der Waals surface area contributed by atoms with Crippen LogP contribution in [0.25, 0.3) is 11.3 Å². The van der Waals surface area contributed by atoms with Crippen molar-refractivity contribution >= 4 is 29.1 Å². The van der Waals surface area contributed by atoms with Gasteiger partial charge < -0.3 is 4.90 Å². The highest BCUT2D eigenvalue weighted by Crippen LogP contribution is 2.36. The number of hydrogen-bond donors (Lipinski definition) is 0. The van der Waals surface area contributed by atoms with Gasteiger partial charge in [0.05, 0.1) is 16.6 Å². The summed E-state index contributed by atoms with van der Waals surface area (Å²) in [6.07, 6.45) is 1.80. The fraction of sp³-hybridized carbons (Fsp3) is 0.364. The van der Waals surface area contributed by atoms with E-state index in [9.17, 15) is 14.4 Å². The molecule has 1 fully saturated rings. The zero-order chi connectivity index (χ0) is 20.6. The minimum atomic E-state index is -0.793. The Morgan fingerprint density at radius 1 is 1.07 bits per heavy atom. The third kappa shape index (κ3) is 3.85. The Bertz CT molecular complexity index is 910. The lowest BCUT2D eigenvalue weighted by Gasteiger charge is -2.29. The van der Waals surface area contributed by atoms with Crippen molar-refractivity contribution in [3.8, 4) is 11.3 Å². The molecule has 2 aromatic rings. The number of carbonyl (C=O) groups excluding carboxylic acids is 3. The third-order valence-corrected chi connectivity index (χ3v) is 5.46. The van der Waals surface area contributed by atoms with Crippen molar-refractivity contribution in [3.63, 3.8) is 0 Å². The van der Waals surface area contributed by atoms with Crippen LogP contribution in [0.1, 0.15) is 35.4 Å². The van der Waals surface area contributed by atoms with Gasteiger partial charge in [0.2, 0.25) is 5.91 Å².